The van der Waals surface area contributed by atoms with E-state index in [1.165, 1.54) is 11.8 Å². The van der Waals surface area contributed by atoms with Crippen molar-refractivity contribution in [1.29, 1.82) is 0 Å². The summed E-state index contributed by atoms with van der Waals surface area (Å²) in [5, 5.41) is 20.1. The molecule has 1 aromatic carbocycles. The van der Waals surface area contributed by atoms with Gasteiger partial charge in [0.05, 0.1) is 23.3 Å². The Morgan fingerprint density at radius 1 is 1.35 bits per heavy atom. The number of aliphatic hydroxyl groups is 2. The molecule has 3 nitrogen and oxygen atoms in total. The summed E-state index contributed by atoms with van der Waals surface area (Å²) in [6.07, 6.45) is -0.687. The van der Waals surface area contributed by atoms with Gasteiger partial charge in [-0.05, 0) is 24.6 Å². The van der Waals surface area contributed by atoms with Crippen LogP contribution in [-0.4, -0.2) is 33.7 Å². The molecule has 0 radical (unpaired) electrons. The second-order valence-corrected chi connectivity index (χ2v) is 4.96. The van der Waals surface area contributed by atoms with E-state index in [2.05, 4.69) is 11.1 Å². The lowest BCUT2D eigenvalue weighted by Gasteiger charge is -2.09. The summed E-state index contributed by atoms with van der Waals surface area (Å²) >= 11 is 1.47. The van der Waals surface area contributed by atoms with Gasteiger partial charge in [0.15, 0.2) is 0 Å². The van der Waals surface area contributed by atoms with Gasteiger partial charge in [0.2, 0.25) is 0 Å². The molecule has 17 heavy (non-hydrogen) atoms. The maximum Gasteiger partial charge on any atom is 0.0997 e. The largest absolute Gasteiger partial charge is 0.394 e. The number of para-hydroxylation sites is 1. The van der Waals surface area contributed by atoms with Crippen molar-refractivity contribution in [2.24, 2.45) is 0 Å². The summed E-state index contributed by atoms with van der Waals surface area (Å²) in [5.74, 6) is 0.461. The Morgan fingerprint density at radius 2 is 2.12 bits per heavy atom. The summed E-state index contributed by atoms with van der Waals surface area (Å²) in [6.45, 7) is 1.80. The molecule has 2 N–H and O–H groups in total. The number of nitrogens with zero attached hydrogens (tertiary/aromatic N) is 1. The number of rotatable bonds is 4. The van der Waals surface area contributed by atoms with Crippen molar-refractivity contribution in [2.75, 3.05) is 12.4 Å². The number of aromatic nitrogens is 1. The number of hydrogen-bond acceptors (Lipinski definition) is 4. The quantitative estimate of drug-likeness (QED) is 0.814. The van der Waals surface area contributed by atoms with Crippen molar-refractivity contribution in [2.45, 2.75) is 18.1 Å². The van der Waals surface area contributed by atoms with Gasteiger partial charge in [-0.2, -0.15) is 0 Å². The topological polar surface area (TPSA) is 53.4 Å². The number of aryl methyl sites for hydroxylation is 1. The van der Waals surface area contributed by atoms with Gasteiger partial charge in [0.1, 0.15) is 0 Å². The molecule has 0 saturated heterocycles. The molecule has 1 unspecified atom stereocenters. The van der Waals surface area contributed by atoms with E-state index in [4.69, 9.17) is 5.11 Å². The Bertz CT molecular complexity index is 516. The van der Waals surface area contributed by atoms with Crippen LogP contribution in [0, 0.1) is 6.92 Å². The van der Waals surface area contributed by atoms with E-state index < -0.39 is 6.10 Å². The Labute approximate surface area is 105 Å². The third-order valence-corrected chi connectivity index (χ3v) is 3.73. The number of fused-ring (bicyclic) bond motifs is 1. The second kappa shape index (κ2) is 5.49. The molecule has 1 atom stereocenters. The zero-order chi connectivity index (χ0) is 12.3. The van der Waals surface area contributed by atoms with Crippen LogP contribution >= 0.6 is 11.8 Å². The molecule has 0 aliphatic carbocycles. The highest BCUT2D eigenvalue weighted by Gasteiger charge is 2.07. The zero-order valence-corrected chi connectivity index (χ0v) is 10.4. The lowest BCUT2D eigenvalue weighted by molar-refractivity contribution is 0.113. The van der Waals surface area contributed by atoms with Crippen LogP contribution in [0.2, 0.25) is 0 Å². The first-order valence-corrected chi connectivity index (χ1v) is 6.47. The number of aliphatic hydroxyl groups excluding tert-OH is 2. The van der Waals surface area contributed by atoms with Crippen LogP contribution in [-0.2, 0) is 0 Å². The van der Waals surface area contributed by atoms with E-state index in [1.807, 2.05) is 31.2 Å². The molecule has 2 aromatic rings. The Balaban J connectivity index is 2.25. The van der Waals surface area contributed by atoms with E-state index in [9.17, 15) is 5.11 Å². The minimum atomic E-state index is -0.687. The molecule has 1 aromatic heterocycles. The highest BCUT2D eigenvalue weighted by Crippen LogP contribution is 2.24. The molecule has 4 heteroatoms. The highest BCUT2D eigenvalue weighted by atomic mass is 32.2. The molecule has 2 rings (SSSR count). The van der Waals surface area contributed by atoms with Crippen LogP contribution in [0.4, 0.5) is 0 Å². The standard InChI is InChI=1S/C13H15NO2S/c1-9-6-10-4-2-3-5-12(10)14-13(9)17-8-11(16)7-15/h2-6,11,15-16H,7-8H2,1H3. The predicted molar refractivity (Wildman–Crippen MR) is 70.3 cm³/mol. The fourth-order valence-electron chi connectivity index (χ4n) is 1.58. The molecule has 90 valence electrons. The minimum absolute atomic E-state index is 0.209. The maximum atomic E-state index is 9.32. The van der Waals surface area contributed by atoms with Crippen LogP contribution in [0.3, 0.4) is 0 Å². The smallest absolute Gasteiger partial charge is 0.0997 e. The normalized spacial score (nSPS) is 12.9. The van der Waals surface area contributed by atoms with Gasteiger partial charge >= 0.3 is 0 Å². The molecule has 1 heterocycles. The van der Waals surface area contributed by atoms with E-state index in [-0.39, 0.29) is 6.61 Å². The number of benzene rings is 1. The van der Waals surface area contributed by atoms with Gasteiger partial charge < -0.3 is 10.2 Å². The zero-order valence-electron chi connectivity index (χ0n) is 9.63. The molecular formula is C13H15NO2S. The molecule has 0 bridgehead atoms. The van der Waals surface area contributed by atoms with Gasteiger partial charge in [0, 0.05) is 11.1 Å². The first kappa shape index (κ1) is 12.4. The molecule has 0 aliphatic heterocycles. The van der Waals surface area contributed by atoms with Crippen LogP contribution < -0.4 is 0 Å². The minimum Gasteiger partial charge on any atom is -0.394 e. The monoisotopic (exact) mass is 249 g/mol. The summed E-state index contributed by atoms with van der Waals surface area (Å²) in [4.78, 5) is 4.55. The summed E-state index contributed by atoms with van der Waals surface area (Å²) in [5.41, 5.74) is 2.05. The van der Waals surface area contributed by atoms with Crippen molar-refractivity contribution in [3.63, 3.8) is 0 Å². The molecule has 0 spiro atoms. The number of hydrogen-bond donors (Lipinski definition) is 2. The first-order chi connectivity index (χ1) is 8.20. The van der Waals surface area contributed by atoms with Gasteiger partial charge in [-0.25, -0.2) is 4.98 Å². The Morgan fingerprint density at radius 3 is 2.88 bits per heavy atom. The summed E-state index contributed by atoms with van der Waals surface area (Å²) in [6, 6.07) is 10.1. The van der Waals surface area contributed by atoms with Gasteiger partial charge in [-0.15, -0.1) is 11.8 Å². The van der Waals surface area contributed by atoms with Gasteiger partial charge in [0.25, 0.3) is 0 Å². The Kier molecular flexibility index (Phi) is 3.99. The lowest BCUT2D eigenvalue weighted by Crippen LogP contribution is -2.14. The lowest BCUT2D eigenvalue weighted by atomic mass is 10.2. The summed E-state index contributed by atoms with van der Waals surface area (Å²) < 4.78 is 0. The molecule has 0 amide bonds. The van der Waals surface area contributed by atoms with Crippen molar-refractivity contribution in [1.82, 2.24) is 4.98 Å². The summed E-state index contributed by atoms with van der Waals surface area (Å²) in [7, 11) is 0. The van der Waals surface area contributed by atoms with Gasteiger partial charge in [-0.1, -0.05) is 18.2 Å². The number of thioether (sulfide) groups is 1. The Hall–Kier alpha value is -1.10. The maximum absolute atomic E-state index is 9.32. The molecule has 0 aliphatic rings. The third-order valence-electron chi connectivity index (χ3n) is 2.49. The predicted octanol–water partition coefficient (Wildman–Crippen LogP) is 1.99. The van der Waals surface area contributed by atoms with Crippen LogP contribution in [0.1, 0.15) is 5.56 Å². The van der Waals surface area contributed by atoms with Crippen molar-refractivity contribution >= 4 is 22.7 Å². The van der Waals surface area contributed by atoms with Gasteiger partial charge in [-0.3, -0.25) is 0 Å². The van der Waals surface area contributed by atoms with Crippen LogP contribution in [0.15, 0.2) is 35.4 Å². The fourth-order valence-corrected chi connectivity index (χ4v) is 2.48. The fraction of sp³-hybridized carbons (Fsp3) is 0.308. The van der Waals surface area contributed by atoms with Crippen molar-refractivity contribution < 1.29 is 10.2 Å². The van der Waals surface area contributed by atoms with E-state index in [0.717, 1.165) is 21.5 Å². The second-order valence-electron chi connectivity index (χ2n) is 3.95. The van der Waals surface area contributed by atoms with Crippen molar-refractivity contribution in [3.05, 3.63) is 35.9 Å². The van der Waals surface area contributed by atoms with Crippen LogP contribution in [0.5, 0.6) is 0 Å². The average Bonchev–Trinajstić information content (AvgIpc) is 2.35. The SMILES string of the molecule is Cc1cc2ccccc2nc1SCC(O)CO. The van der Waals surface area contributed by atoms with E-state index >= 15 is 0 Å². The highest BCUT2D eigenvalue weighted by molar-refractivity contribution is 7.99. The number of pyridine rings is 1. The molecule has 0 fully saturated rings. The van der Waals surface area contributed by atoms with Crippen molar-refractivity contribution in [3.8, 4) is 0 Å². The first-order valence-electron chi connectivity index (χ1n) is 5.49. The van der Waals surface area contributed by atoms with Crippen LogP contribution in [0.25, 0.3) is 10.9 Å². The third kappa shape index (κ3) is 2.97. The van der Waals surface area contributed by atoms with E-state index in [0.29, 0.717) is 5.75 Å². The molecule has 0 saturated carbocycles. The van der Waals surface area contributed by atoms with E-state index in [1.54, 1.807) is 0 Å². The average molecular weight is 249 g/mol. The molecular weight excluding hydrogens is 234 g/mol.